The Morgan fingerprint density at radius 1 is 1.24 bits per heavy atom. The second kappa shape index (κ2) is 5.69. The molecule has 6 heteroatoms. The van der Waals surface area contributed by atoms with Gasteiger partial charge in [-0.25, -0.2) is 5.43 Å². The zero-order valence-corrected chi connectivity index (χ0v) is 12.5. The van der Waals surface area contributed by atoms with E-state index in [-0.39, 0.29) is 6.04 Å². The molecule has 2 rings (SSSR count). The fourth-order valence-electron chi connectivity index (χ4n) is 1.55. The Morgan fingerprint density at radius 2 is 2.00 bits per heavy atom. The van der Waals surface area contributed by atoms with Gasteiger partial charge in [-0.1, -0.05) is 35.3 Å². The van der Waals surface area contributed by atoms with E-state index in [4.69, 9.17) is 29.0 Å². The van der Waals surface area contributed by atoms with Crippen LogP contribution in [0.2, 0.25) is 9.36 Å². The zero-order valence-electron chi connectivity index (χ0n) is 8.58. The summed E-state index contributed by atoms with van der Waals surface area (Å²) in [5.74, 6) is 5.60. The summed E-state index contributed by atoms with van der Waals surface area (Å²) in [6, 6.07) is 9.38. The van der Waals surface area contributed by atoms with Crippen LogP contribution >= 0.6 is 50.5 Å². The predicted octanol–water partition coefficient (Wildman–Crippen LogP) is 4.37. The summed E-state index contributed by atoms with van der Waals surface area (Å²) >= 11 is 17.1. The number of hydrazine groups is 1. The highest BCUT2D eigenvalue weighted by Crippen LogP contribution is 2.36. The van der Waals surface area contributed by atoms with Gasteiger partial charge in [-0.15, -0.1) is 11.3 Å². The molecular weight excluding hydrogens is 343 g/mol. The second-order valence-corrected chi connectivity index (χ2v) is 6.36. The van der Waals surface area contributed by atoms with E-state index < -0.39 is 0 Å². The molecule has 0 aliphatic carbocycles. The van der Waals surface area contributed by atoms with Crippen LogP contribution in [0.25, 0.3) is 0 Å². The molecule has 0 saturated heterocycles. The molecule has 1 aromatic carbocycles. The van der Waals surface area contributed by atoms with Crippen molar-refractivity contribution in [1.82, 2.24) is 5.43 Å². The highest BCUT2D eigenvalue weighted by Gasteiger charge is 2.18. The minimum atomic E-state index is -0.155. The van der Waals surface area contributed by atoms with Crippen molar-refractivity contribution in [1.29, 1.82) is 0 Å². The van der Waals surface area contributed by atoms with Crippen LogP contribution in [0, 0.1) is 0 Å². The van der Waals surface area contributed by atoms with Gasteiger partial charge in [-0.05, 0) is 39.7 Å². The summed E-state index contributed by atoms with van der Waals surface area (Å²) < 4.78 is 1.57. The number of benzene rings is 1. The van der Waals surface area contributed by atoms with Gasteiger partial charge in [-0.2, -0.15) is 0 Å². The second-order valence-electron chi connectivity index (χ2n) is 3.38. The number of nitrogens with one attached hydrogen (secondary N) is 1. The maximum Gasteiger partial charge on any atom is 0.0931 e. The lowest BCUT2D eigenvalue weighted by atomic mass is 10.1. The Labute approximate surface area is 122 Å². The lowest BCUT2D eigenvalue weighted by Crippen LogP contribution is -2.28. The Morgan fingerprint density at radius 3 is 2.59 bits per heavy atom. The third-order valence-corrected chi connectivity index (χ3v) is 4.94. The standard InChI is InChI=1S/C11H9BrCl2N2S/c12-7-3-1-2-6(10(7)14)11(16-15)8-4-5-9(13)17-8/h1-5,11,16H,15H2. The number of halogens is 3. The summed E-state index contributed by atoms with van der Waals surface area (Å²) in [6.07, 6.45) is 0. The molecule has 0 radical (unpaired) electrons. The summed E-state index contributed by atoms with van der Waals surface area (Å²) in [6.45, 7) is 0. The van der Waals surface area contributed by atoms with E-state index in [0.717, 1.165) is 19.2 Å². The van der Waals surface area contributed by atoms with Crippen molar-refractivity contribution < 1.29 is 0 Å². The topological polar surface area (TPSA) is 38.0 Å². The molecular formula is C11H9BrCl2N2S. The molecule has 1 heterocycles. The van der Waals surface area contributed by atoms with Gasteiger partial charge in [0.15, 0.2) is 0 Å². The molecule has 1 atom stereocenters. The van der Waals surface area contributed by atoms with E-state index in [1.54, 1.807) is 0 Å². The first-order valence-electron chi connectivity index (χ1n) is 4.78. The van der Waals surface area contributed by atoms with Crippen LogP contribution in [0.15, 0.2) is 34.8 Å². The summed E-state index contributed by atoms with van der Waals surface area (Å²) in [5.41, 5.74) is 3.68. The molecule has 2 nitrogen and oxygen atoms in total. The number of thiophene rings is 1. The van der Waals surface area contributed by atoms with Crippen LogP contribution in [0.4, 0.5) is 0 Å². The van der Waals surface area contributed by atoms with Crippen molar-refractivity contribution in [3.05, 3.63) is 54.6 Å². The van der Waals surface area contributed by atoms with Crippen LogP contribution in [-0.2, 0) is 0 Å². The smallest absolute Gasteiger partial charge is 0.0931 e. The zero-order chi connectivity index (χ0) is 12.4. The first-order chi connectivity index (χ1) is 8.13. The van der Waals surface area contributed by atoms with Gasteiger partial charge in [0.1, 0.15) is 0 Å². The van der Waals surface area contributed by atoms with Gasteiger partial charge in [0.05, 0.1) is 15.4 Å². The lowest BCUT2D eigenvalue weighted by Gasteiger charge is -2.16. The summed E-state index contributed by atoms with van der Waals surface area (Å²) in [5, 5.41) is 0.653. The van der Waals surface area contributed by atoms with Crippen molar-refractivity contribution in [2.75, 3.05) is 0 Å². The molecule has 0 fully saturated rings. The van der Waals surface area contributed by atoms with Gasteiger partial charge in [-0.3, -0.25) is 5.84 Å². The number of nitrogens with two attached hydrogens (primary N) is 1. The lowest BCUT2D eigenvalue weighted by molar-refractivity contribution is 0.646. The van der Waals surface area contributed by atoms with E-state index in [1.807, 2.05) is 30.3 Å². The molecule has 3 N–H and O–H groups in total. The summed E-state index contributed by atoms with van der Waals surface area (Å²) in [7, 11) is 0. The molecule has 0 amide bonds. The molecule has 17 heavy (non-hydrogen) atoms. The average molecular weight is 352 g/mol. The van der Waals surface area contributed by atoms with E-state index >= 15 is 0 Å². The van der Waals surface area contributed by atoms with Gasteiger partial charge < -0.3 is 0 Å². The average Bonchev–Trinajstić information content (AvgIpc) is 2.72. The molecule has 0 aliphatic rings. The van der Waals surface area contributed by atoms with Crippen molar-refractivity contribution in [3.63, 3.8) is 0 Å². The predicted molar refractivity (Wildman–Crippen MR) is 77.6 cm³/mol. The number of rotatable bonds is 3. The normalized spacial score (nSPS) is 12.7. The minimum absolute atomic E-state index is 0.155. The number of hydrogen-bond donors (Lipinski definition) is 2. The van der Waals surface area contributed by atoms with E-state index in [2.05, 4.69) is 21.4 Å². The monoisotopic (exact) mass is 350 g/mol. The van der Waals surface area contributed by atoms with Crippen LogP contribution in [0.5, 0.6) is 0 Å². The molecule has 0 spiro atoms. The quantitative estimate of drug-likeness (QED) is 0.636. The molecule has 1 aromatic heterocycles. The maximum atomic E-state index is 6.25. The molecule has 1 unspecified atom stereocenters. The van der Waals surface area contributed by atoms with Crippen LogP contribution in [-0.4, -0.2) is 0 Å². The molecule has 2 aromatic rings. The van der Waals surface area contributed by atoms with Crippen molar-refractivity contribution >= 4 is 50.5 Å². The molecule has 0 bridgehead atoms. The maximum absolute atomic E-state index is 6.25. The van der Waals surface area contributed by atoms with Gasteiger partial charge in [0.25, 0.3) is 0 Å². The fourth-order valence-corrected chi connectivity index (χ4v) is 3.31. The van der Waals surface area contributed by atoms with Crippen molar-refractivity contribution in [2.24, 2.45) is 5.84 Å². The van der Waals surface area contributed by atoms with Crippen molar-refractivity contribution in [3.8, 4) is 0 Å². The first kappa shape index (κ1) is 13.3. The Bertz CT molecular complexity index is 530. The largest absolute Gasteiger partial charge is 0.271 e. The Balaban J connectivity index is 2.45. The molecule has 90 valence electrons. The summed E-state index contributed by atoms with van der Waals surface area (Å²) in [4.78, 5) is 1.03. The van der Waals surface area contributed by atoms with Gasteiger partial charge in [0, 0.05) is 9.35 Å². The van der Waals surface area contributed by atoms with E-state index in [9.17, 15) is 0 Å². The Kier molecular flexibility index (Phi) is 4.47. The van der Waals surface area contributed by atoms with Gasteiger partial charge >= 0.3 is 0 Å². The Hall–Kier alpha value is -0.100. The van der Waals surface area contributed by atoms with E-state index in [0.29, 0.717) is 5.02 Å². The third kappa shape index (κ3) is 2.84. The minimum Gasteiger partial charge on any atom is -0.271 e. The van der Waals surface area contributed by atoms with Crippen LogP contribution in [0.1, 0.15) is 16.5 Å². The van der Waals surface area contributed by atoms with E-state index in [1.165, 1.54) is 11.3 Å². The first-order valence-corrected chi connectivity index (χ1v) is 7.15. The van der Waals surface area contributed by atoms with Crippen LogP contribution in [0.3, 0.4) is 0 Å². The highest BCUT2D eigenvalue weighted by molar-refractivity contribution is 9.10. The molecule has 0 aliphatic heterocycles. The van der Waals surface area contributed by atoms with Crippen molar-refractivity contribution in [2.45, 2.75) is 6.04 Å². The van der Waals surface area contributed by atoms with Gasteiger partial charge in [0.2, 0.25) is 0 Å². The highest BCUT2D eigenvalue weighted by atomic mass is 79.9. The third-order valence-electron chi connectivity index (χ3n) is 2.34. The fraction of sp³-hybridized carbons (Fsp3) is 0.0909. The van der Waals surface area contributed by atoms with Crippen LogP contribution < -0.4 is 11.3 Å². The number of hydrogen-bond acceptors (Lipinski definition) is 3. The SMILES string of the molecule is NNC(c1ccc(Cl)s1)c1cccc(Br)c1Cl. The molecule has 0 saturated carbocycles.